The molecule has 0 unspecified atom stereocenters. The van der Waals surface area contributed by atoms with Gasteiger partial charge in [-0.3, -0.25) is 9.59 Å². The fourth-order valence-corrected chi connectivity index (χ4v) is 6.94. The molecular weight excluding hydrogens is 521 g/mol. The molecule has 4 aromatic carbocycles. The fraction of sp³-hybridized carbons (Fsp3) is 0.129. The van der Waals surface area contributed by atoms with Gasteiger partial charge in [0, 0.05) is 16.9 Å². The number of rotatable bonds is 3. The van der Waals surface area contributed by atoms with Crippen LogP contribution in [0.4, 0.5) is 5.69 Å². The fourth-order valence-electron chi connectivity index (χ4n) is 6.45. The summed E-state index contributed by atoms with van der Waals surface area (Å²) in [5.41, 5.74) is 4.75. The lowest BCUT2D eigenvalue weighted by Crippen LogP contribution is -2.41. The van der Waals surface area contributed by atoms with E-state index in [4.69, 9.17) is 27.9 Å². The van der Waals surface area contributed by atoms with E-state index >= 15 is 0 Å². The Kier molecular flexibility index (Phi) is 5.22. The van der Waals surface area contributed by atoms with Crippen LogP contribution < -0.4 is 9.64 Å². The molecule has 1 heterocycles. The molecule has 1 aliphatic heterocycles. The Morgan fingerprint density at radius 2 is 1.18 bits per heavy atom. The van der Waals surface area contributed by atoms with Gasteiger partial charge in [0.05, 0.1) is 28.1 Å². The minimum atomic E-state index is -0.712. The van der Waals surface area contributed by atoms with Crippen molar-refractivity contribution >= 4 is 46.7 Å². The number of hydrogen-bond donors (Lipinski definition) is 0. The van der Waals surface area contributed by atoms with E-state index in [1.165, 1.54) is 17.0 Å². The second-order valence-corrected chi connectivity index (χ2v) is 10.6. The smallest absolute Gasteiger partial charge is 0.345 e. The number of imide groups is 1. The number of nitrogens with zero attached hydrogens (tertiary/aromatic N) is 1. The molecule has 2 amide bonds. The molecule has 2 atom stereocenters. The number of ether oxygens (including phenoxy) is 1. The second kappa shape index (κ2) is 8.55. The molecule has 1 saturated heterocycles. The van der Waals surface area contributed by atoms with Crippen LogP contribution in [0.3, 0.4) is 0 Å². The molecule has 186 valence electrons. The number of esters is 1. The van der Waals surface area contributed by atoms with Gasteiger partial charge >= 0.3 is 5.97 Å². The van der Waals surface area contributed by atoms with Gasteiger partial charge in [-0.1, -0.05) is 83.9 Å². The topological polar surface area (TPSA) is 63.7 Å². The quantitative estimate of drug-likeness (QED) is 0.167. The summed E-state index contributed by atoms with van der Waals surface area (Å²) in [6.45, 7) is 0. The maximum Gasteiger partial charge on any atom is 0.345 e. The van der Waals surface area contributed by atoms with E-state index in [0.717, 1.165) is 22.3 Å². The lowest BCUT2D eigenvalue weighted by molar-refractivity contribution is -0.122. The van der Waals surface area contributed by atoms with Gasteiger partial charge in [-0.25, -0.2) is 9.69 Å². The van der Waals surface area contributed by atoms with Crippen molar-refractivity contribution in [3.05, 3.63) is 129 Å². The van der Waals surface area contributed by atoms with Crippen molar-refractivity contribution in [1.82, 2.24) is 0 Å². The number of para-hydroxylation sites is 2. The summed E-state index contributed by atoms with van der Waals surface area (Å²) in [4.78, 5) is 42.4. The highest BCUT2D eigenvalue weighted by molar-refractivity contribution is 6.36. The van der Waals surface area contributed by atoms with Gasteiger partial charge in [0.1, 0.15) is 0 Å². The Balaban J connectivity index is 1.30. The van der Waals surface area contributed by atoms with Crippen LogP contribution in [0.2, 0.25) is 10.0 Å². The first kappa shape index (κ1) is 23.2. The number of amides is 2. The van der Waals surface area contributed by atoms with Gasteiger partial charge in [-0.05, 0) is 52.6 Å². The first-order valence-electron chi connectivity index (χ1n) is 12.3. The first-order chi connectivity index (χ1) is 18.5. The largest absolute Gasteiger partial charge is 0.421 e. The predicted octanol–water partition coefficient (Wildman–Crippen LogP) is 6.61. The van der Waals surface area contributed by atoms with Gasteiger partial charge in [0.2, 0.25) is 11.8 Å². The number of carbonyl (C=O) groups excluding carboxylic acids is 3. The molecule has 4 aromatic rings. The molecular formula is C31H19Cl2NO4. The summed E-state index contributed by atoms with van der Waals surface area (Å²) >= 11 is 12.2. The van der Waals surface area contributed by atoms with Crippen LogP contribution in [0.25, 0.3) is 0 Å². The standard InChI is InChI=1S/C31H19Cl2NO4/c32-16-13-14-21(22(33)15-16)31(37)38-24-12-6-5-11-23(24)34-29(35)27-25-17-7-1-2-8-18(17)26(28(27)30(34)36)20-10-4-3-9-19(20)25/h1-15,25-28H/t25?,26?,27-,28-/m1/s1. The summed E-state index contributed by atoms with van der Waals surface area (Å²) in [5.74, 6) is -2.69. The van der Waals surface area contributed by atoms with Crippen molar-refractivity contribution in [1.29, 1.82) is 0 Å². The molecule has 4 aliphatic rings. The summed E-state index contributed by atoms with van der Waals surface area (Å²) in [5, 5.41) is 0.533. The Labute approximate surface area is 228 Å². The monoisotopic (exact) mass is 539 g/mol. The van der Waals surface area contributed by atoms with Gasteiger partial charge in [-0.15, -0.1) is 0 Å². The highest BCUT2D eigenvalue weighted by Crippen LogP contribution is 2.61. The third kappa shape index (κ3) is 3.22. The Bertz CT molecular complexity index is 1570. The Morgan fingerprint density at radius 1 is 0.684 bits per heavy atom. The van der Waals surface area contributed by atoms with Crippen LogP contribution in [0.15, 0.2) is 91.0 Å². The molecule has 0 N–H and O–H groups in total. The minimum absolute atomic E-state index is 0.103. The van der Waals surface area contributed by atoms with Crippen LogP contribution in [-0.2, 0) is 9.59 Å². The molecule has 0 spiro atoms. The van der Waals surface area contributed by atoms with Crippen LogP contribution in [0, 0.1) is 11.8 Å². The maximum absolute atomic E-state index is 14.1. The molecule has 38 heavy (non-hydrogen) atoms. The average molecular weight is 540 g/mol. The van der Waals surface area contributed by atoms with E-state index in [0.29, 0.717) is 5.02 Å². The van der Waals surface area contributed by atoms with Gasteiger partial charge in [0.15, 0.2) is 5.75 Å². The third-order valence-electron chi connectivity index (χ3n) is 7.91. The van der Waals surface area contributed by atoms with Crippen LogP contribution >= 0.6 is 23.2 Å². The second-order valence-electron chi connectivity index (χ2n) is 9.76. The maximum atomic E-state index is 14.1. The average Bonchev–Trinajstić information content (AvgIpc) is 3.19. The normalized spacial score (nSPS) is 22.6. The lowest BCUT2D eigenvalue weighted by Gasteiger charge is -2.45. The third-order valence-corrected chi connectivity index (χ3v) is 8.46. The van der Waals surface area contributed by atoms with E-state index in [2.05, 4.69) is 24.3 Å². The molecule has 7 heteroatoms. The first-order valence-corrected chi connectivity index (χ1v) is 13.0. The highest BCUT2D eigenvalue weighted by atomic mass is 35.5. The van der Waals surface area contributed by atoms with Crippen molar-refractivity contribution in [2.75, 3.05) is 4.90 Å². The van der Waals surface area contributed by atoms with E-state index in [1.807, 2.05) is 24.3 Å². The van der Waals surface area contributed by atoms with Gasteiger partial charge < -0.3 is 4.74 Å². The zero-order valence-electron chi connectivity index (χ0n) is 19.8. The van der Waals surface area contributed by atoms with Crippen LogP contribution in [0.5, 0.6) is 5.75 Å². The van der Waals surface area contributed by atoms with Crippen molar-refractivity contribution in [3.63, 3.8) is 0 Å². The van der Waals surface area contributed by atoms with Crippen molar-refractivity contribution in [3.8, 4) is 5.75 Å². The van der Waals surface area contributed by atoms with Gasteiger partial charge in [-0.2, -0.15) is 0 Å². The molecule has 3 aliphatic carbocycles. The highest BCUT2D eigenvalue weighted by Gasteiger charge is 2.62. The number of hydrogen-bond acceptors (Lipinski definition) is 4. The molecule has 5 nitrogen and oxygen atoms in total. The molecule has 0 radical (unpaired) electrons. The predicted molar refractivity (Wildman–Crippen MR) is 144 cm³/mol. The SMILES string of the molecule is O=C(Oc1ccccc1N1C(=O)[C@@H]2C3c4ccccc4C(c4ccccc43)[C@H]2C1=O)c1ccc(Cl)cc1Cl. The minimum Gasteiger partial charge on any atom is -0.421 e. The molecule has 2 bridgehead atoms. The summed E-state index contributed by atoms with van der Waals surface area (Å²) in [6.07, 6.45) is 0. The molecule has 8 rings (SSSR count). The number of halogens is 2. The van der Waals surface area contributed by atoms with E-state index in [9.17, 15) is 14.4 Å². The molecule has 0 aromatic heterocycles. The zero-order chi connectivity index (χ0) is 26.1. The number of carbonyl (C=O) groups is 3. The van der Waals surface area contributed by atoms with E-state index in [1.54, 1.807) is 30.3 Å². The van der Waals surface area contributed by atoms with E-state index in [-0.39, 0.29) is 45.7 Å². The van der Waals surface area contributed by atoms with Crippen molar-refractivity contribution in [2.24, 2.45) is 11.8 Å². The Morgan fingerprint density at radius 3 is 1.71 bits per heavy atom. The van der Waals surface area contributed by atoms with Crippen LogP contribution in [-0.4, -0.2) is 17.8 Å². The number of anilines is 1. The molecule has 1 fully saturated rings. The summed E-state index contributed by atoms with van der Waals surface area (Å²) in [6, 6.07) is 27.2. The lowest BCUT2D eigenvalue weighted by atomic mass is 9.55. The number of benzene rings is 4. The Hall–Kier alpha value is -3.93. The van der Waals surface area contributed by atoms with Crippen molar-refractivity contribution < 1.29 is 19.1 Å². The zero-order valence-corrected chi connectivity index (χ0v) is 21.3. The summed E-state index contributed by atoms with van der Waals surface area (Å²) < 4.78 is 5.70. The van der Waals surface area contributed by atoms with Crippen LogP contribution in [0.1, 0.15) is 44.4 Å². The van der Waals surface area contributed by atoms with Crippen molar-refractivity contribution in [2.45, 2.75) is 11.8 Å². The van der Waals surface area contributed by atoms with E-state index < -0.39 is 17.8 Å². The van der Waals surface area contributed by atoms with Gasteiger partial charge in [0.25, 0.3) is 0 Å². The molecule has 0 saturated carbocycles. The summed E-state index contributed by atoms with van der Waals surface area (Å²) in [7, 11) is 0.